The van der Waals surface area contributed by atoms with E-state index in [0.29, 0.717) is 17.9 Å². The van der Waals surface area contributed by atoms with Crippen LogP contribution < -0.4 is 14.8 Å². The summed E-state index contributed by atoms with van der Waals surface area (Å²) < 4.78 is 12.3. The number of nitrogens with one attached hydrogen (secondary N) is 1. The van der Waals surface area contributed by atoms with Gasteiger partial charge in [-0.25, -0.2) is 4.68 Å². The molecule has 1 heterocycles. The lowest BCUT2D eigenvalue weighted by atomic mass is 10.1. The molecule has 1 N–H and O–H groups in total. The summed E-state index contributed by atoms with van der Waals surface area (Å²) >= 11 is 0. The quantitative estimate of drug-likeness (QED) is 0.609. The molecule has 1 aromatic heterocycles. The fraction of sp³-hybridized carbons (Fsp3) is 0.190. The van der Waals surface area contributed by atoms with Crippen molar-refractivity contribution in [3.8, 4) is 17.2 Å². The summed E-state index contributed by atoms with van der Waals surface area (Å²) in [6.07, 6.45) is 1.83. The maximum absolute atomic E-state index is 12.0. The van der Waals surface area contributed by atoms with Crippen LogP contribution in [0.5, 0.6) is 11.5 Å². The second kappa shape index (κ2) is 8.85. The second-order valence-corrected chi connectivity index (χ2v) is 6.10. The van der Waals surface area contributed by atoms with Crippen molar-refractivity contribution in [3.05, 3.63) is 72.1 Å². The van der Waals surface area contributed by atoms with Crippen molar-refractivity contribution >= 4 is 11.7 Å². The van der Waals surface area contributed by atoms with Gasteiger partial charge < -0.3 is 14.8 Å². The van der Waals surface area contributed by atoms with Crippen molar-refractivity contribution in [3.63, 3.8) is 0 Å². The van der Waals surface area contributed by atoms with Gasteiger partial charge in [0.05, 0.1) is 25.0 Å². The lowest BCUT2D eigenvalue weighted by Gasteiger charge is -2.07. The number of ether oxygens (including phenoxy) is 2. The molecular formula is C21H21N3O4. The number of rotatable bonds is 8. The van der Waals surface area contributed by atoms with Gasteiger partial charge in [0.1, 0.15) is 11.5 Å². The van der Waals surface area contributed by atoms with Gasteiger partial charge in [-0.15, -0.1) is 0 Å². The van der Waals surface area contributed by atoms with Crippen molar-refractivity contribution in [2.75, 3.05) is 13.7 Å². The molecule has 7 heteroatoms. The first-order chi connectivity index (χ1) is 13.5. The van der Waals surface area contributed by atoms with Gasteiger partial charge in [0.2, 0.25) is 0 Å². The molecular weight excluding hydrogens is 358 g/mol. The molecule has 3 aromatic rings. The van der Waals surface area contributed by atoms with Crippen LogP contribution in [-0.4, -0.2) is 35.2 Å². The average molecular weight is 379 g/mol. The molecule has 0 saturated heterocycles. The summed E-state index contributed by atoms with van der Waals surface area (Å²) in [7, 11) is 1.62. The normalized spacial score (nSPS) is 10.4. The maximum atomic E-state index is 12.0. The average Bonchev–Trinajstić information content (AvgIpc) is 3.20. The topological polar surface area (TPSA) is 82.5 Å². The van der Waals surface area contributed by atoms with Crippen LogP contribution in [0.2, 0.25) is 0 Å². The van der Waals surface area contributed by atoms with Crippen LogP contribution in [0.25, 0.3) is 5.69 Å². The largest absolute Gasteiger partial charge is 0.497 e. The Kier molecular flexibility index (Phi) is 6.06. The van der Waals surface area contributed by atoms with E-state index >= 15 is 0 Å². The number of carbonyl (C=O) groups is 2. The molecule has 0 atom stereocenters. The maximum Gasteiger partial charge on any atom is 0.258 e. The van der Waals surface area contributed by atoms with Crippen LogP contribution >= 0.6 is 0 Å². The van der Waals surface area contributed by atoms with Crippen LogP contribution in [0.1, 0.15) is 23.0 Å². The molecule has 144 valence electrons. The zero-order valence-electron chi connectivity index (χ0n) is 15.7. The predicted molar refractivity (Wildman–Crippen MR) is 104 cm³/mol. The molecule has 0 saturated carbocycles. The molecule has 7 nitrogen and oxygen atoms in total. The molecule has 0 bridgehead atoms. The van der Waals surface area contributed by atoms with E-state index in [0.717, 1.165) is 17.1 Å². The van der Waals surface area contributed by atoms with Crippen LogP contribution in [-0.2, 0) is 11.3 Å². The molecule has 2 aromatic carbocycles. The van der Waals surface area contributed by atoms with Crippen molar-refractivity contribution < 1.29 is 19.1 Å². The van der Waals surface area contributed by atoms with E-state index in [-0.39, 0.29) is 18.3 Å². The first kappa shape index (κ1) is 19.2. The van der Waals surface area contributed by atoms with E-state index < -0.39 is 0 Å². The fourth-order valence-electron chi connectivity index (χ4n) is 2.51. The minimum Gasteiger partial charge on any atom is -0.497 e. The van der Waals surface area contributed by atoms with Gasteiger partial charge in [0, 0.05) is 11.8 Å². The third-order valence-electron chi connectivity index (χ3n) is 4.08. The minimum atomic E-state index is -0.255. The number of methoxy groups -OCH3 is 1. The fourth-order valence-corrected chi connectivity index (χ4v) is 2.51. The second-order valence-electron chi connectivity index (χ2n) is 6.10. The summed E-state index contributed by atoms with van der Waals surface area (Å²) in [5.74, 6) is 1.04. The number of ketones is 1. The van der Waals surface area contributed by atoms with E-state index in [4.69, 9.17) is 9.47 Å². The van der Waals surface area contributed by atoms with E-state index in [9.17, 15) is 9.59 Å². The highest BCUT2D eigenvalue weighted by Crippen LogP contribution is 2.15. The van der Waals surface area contributed by atoms with E-state index in [1.54, 1.807) is 36.1 Å². The van der Waals surface area contributed by atoms with E-state index in [2.05, 4.69) is 10.4 Å². The summed E-state index contributed by atoms with van der Waals surface area (Å²) in [4.78, 5) is 23.2. The molecule has 0 aliphatic heterocycles. The summed E-state index contributed by atoms with van der Waals surface area (Å²) in [5.41, 5.74) is 2.23. The molecule has 0 radical (unpaired) electrons. The van der Waals surface area contributed by atoms with Gasteiger partial charge >= 0.3 is 0 Å². The predicted octanol–water partition coefficient (Wildman–Crippen LogP) is 2.78. The van der Waals surface area contributed by atoms with Crippen LogP contribution in [0, 0.1) is 0 Å². The zero-order valence-corrected chi connectivity index (χ0v) is 15.7. The highest BCUT2D eigenvalue weighted by molar-refractivity contribution is 5.94. The third kappa shape index (κ3) is 4.97. The number of amides is 1. The Hall–Kier alpha value is -3.61. The third-order valence-corrected chi connectivity index (χ3v) is 4.08. The van der Waals surface area contributed by atoms with Crippen molar-refractivity contribution in [2.24, 2.45) is 0 Å². The van der Waals surface area contributed by atoms with Crippen molar-refractivity contribution in [1.29, 1.82) is 0 Å². The molecule has 3 rings (SSSR count). The van der Waals surface area contributed by atoms with Crippen LogP contribution in [0.4, 0.5) is 0 Å². The van der Waals surface area contributed by atoms with E-state index in [1.807, 2.05) is 36.5 Å². The Morgan fingerprint density at radius 3 is 2.32 bits per heavy atom. The first-order valence-corrected chi connectivity index (χ1v) is 8.74. The van der Waals surface area contributed by atoms with Crippen molar-refractivity contribution in [2.45, 2.75) is 13.5 Å². The molecule has 0 aliphatic rings. The van der Waals surface area contributed by atoms with Gasteiger partial charge in [-0.05, 0) is 61.5 Å². The lowest BCUT2D eigenvalue weighted by Crippen LogP contribution is -2.28. The molecule has 1 amide bonds. The van der Waals surface area contributed by atoms with Gasteiger partial charge in [-0.2, -0.15) is 5.10 Å². The molecule has 0 spiro atoms. The van der Waals surface area contributed by atoms with Gasteiger partial charge in [-0.3, -0.25) is 9.59 Å². The number of Topliss-reactive ketones (excluding diaryl/α,β-unsaturated/α-hetero) is 1. The SMILES string of the molecule is COc1ccc(-n2ccc(CNC(=O)COc3ccc(C(C)=O)cc3)n2)cc1. The Morgan fingerprint density at radius 2 is 1.68 bits per heavy atom. The van der Waals surface area contributed by atoms with Crippen LogP contribution in [0.3, 0.4) is 0 Å². The Bertz CT molecular complexity index is 947. The highest BCUT2D eigenvalue weighted by atomic mass is 16.5. The first-order valence-electron chi connectivity index (χ1n) is 8.74. The lowest BCUT2D eigenvalue weighted by molar-refractivity contribution is -0.123. The highest BCUT2D eigenvalue weighted by Gasteiger charge is 2.06. The summed E-state index contributed by atoms with van der Waals surface area (Å²) in [6.45, 7) is 1.69. The molecule has 28 heavy (non-hydrogen) atoms. The smallest absolute Gasteiger partial charge is 0.258 e. The van der Waals surface area contributed by atoms with Crippen LogP contribution in [0.15, 0.2) is 60.8 Å². The van der Waals surface area contributed by atoms with E-state index in [1.165, 1.54) is 6.92 Å². The van der Waals surface area contributed by atoms with Crippen molar-refractivity contribution in [1.82, 2.24) is 15.1 Å². The monoisotopic (exact) mass is 379 g/mol. The zero-order chi connectivity index (χ0) is 19.9. The molecule has 0 unspecified atom stereocenters. The standard InChI is InChI=1S/C21H21N3O4/c1-15(25)16-3-7-20(8-4-16)28-14-21(26)22-13-17-11-12-24(23-17)18-5-9-19(27-2)10-6-18/h3-12H,13-14H2,1-2H3,(H,22,26). The number of benzene rings is 2. The van der Waals surface area contributed by atoms with Gasteiger partial charge in [-0.1, -0.05) is 0 Å². The van der Waals surface area contributed by atoms with Gasteiger partial charge in [0.15, 0.2) is 12.4 Å². The number of nitrogens with zero attached hydrogens (tertiary/aromatic N) is 2. The molecule has 0 fully saturated rings. The Morgan fingerprint density at radius 1 is 1.00 bits per heavy atom. The summed E-state index contributed by atoms with van der Waals surface area (Å²) in [6, 6.07) is 16.0. The Labute approximate surface area is 162 Å². The number of hydrogen-bond donors (Lipinski definition) is 1. The number of carbonyl (C=O) groups excluding carboxylic acids is 2. The Balaban J connectivity index is 1.48. The van der Waals surface area contributed by atoms with Gasteiger partial charge in [0.25, 0.3) is 5.91 Å². The molecule has 0 aliphatic carbocycles. The number of aromatic nitrogens is 2. The summed E-state index contributed by atoms with van der Waals surface area (Å²) in [5, 5.41) is 7.21. The minimum absolute atomic E-state index is 0.0154. The number of hydrogen-bond acceptors (Lipinski definition) is 5.